The molecule has 0 bridgehead atoms. The molecule has 0 aromatic carbocycles. The quantitative estimate of drug-likeness (QED) is 0.902. The van der Waals surface area contributed by atoms with Crippen LogP contribution in [0.5, 0.6) is 0 Å². The van der Waals surface area contributed by atoms with Crippen molar-refractivity contribution in [2.45, 2.75) is 19.8 Å². The predicted octanol–water partition coefficient (Wildman–Crippen LogP) is 2.06. The lowest BCUT2D eigenvalue weighted by atomic mass is 9.95. The third kappa shape index (κ3) is 2.51. The van der Waals surface area contributed by atoms with Gasteiger partial charge in [0.1, 0.15) is 11.7 Å². The van der Waals surface area contributed by atoms with Gasteiger partial charge in [-0.05, 0) is 21.8 Å². The molecule has 0 amide bonds. The van der Waals surface area contributed by atoms with E-state index in [2.05, 4.69) is 25.9 Å². The van der Waals surface area contributed by atoms with Gasteiger partial charge in [-0.1, -0.05) is 13.8 Å². The second kappa shape index (κ2) is 4.50. The van der Waals surface area contributed by atoms with E-state index in [1.165, 1.54) is 0 Å². The zero-order chi connectivity index (χ0) is 10.7. The highest BCUT2D eigenvalue weighted by molar-refractivity contribution is 9.10. The normalized spacial score (nSPS) is 12.9. The Morgan fingerprint density at radius 3 is 2.29 bits per heavy atom. The van der Waals surface area contributed by atoms with E-state index in [9.17, 15) is 4.79 Å². The summed E-state index contributed by atoms with van der Waals surface area (Å²) in [6, 6.07) is 0. The third-order valence-corrected chi connectivity index (χ3v) is 2.26. The molecule has 5 heteroatoms. The molecule has 0 aliphatic carbocycles. The molecule has 0 unspecified atom stereocenters. The van der Waals surface area contributed by atoms with Crippen LogP contribution in [0.1, 0.15) is 25.6 Å². The molecule has 4 nitrogen and oxygen atoms in total. The number of carboxylic acids is 1. The van der Waals surface area contributed by atoms with Crippen molar-refractivity contribution in [3.8, 4) is 0 Å². The molecule has 0 fully saturated rings. The van der Waals surface area contributed by atoms with Gasteiger partial charge in [0.25, 0.3) is 0 Å². The van der Waals surface area contributed by atoms with Gasteiger partial charge >= 0.3 is 5.97 Å². The standard InChI is InChI=1S/C9H11BrN2O2/c1-5(2)7(9(13)14)8-11-3-6(10)4-12-8/h3-5,7H,1-2H3,(H,13,14)/t7-/m0/s1. The van der Waals surface area contributed by atoms with E-state index in [1.54, 1.807) is 12.4 Å². The second-order valence-electron chi connectivity index (χ2n) is 3.32. The number of hydrogen-bond donors (Lipinski definition) is 1. The summed E-state index contributed by atoms with van der Waals surface area (Å²) in [6.07, 6.45) is 3.11. The summed E-state index contributed by atoms with van der Waals surface area (Å²) in [5, 5.41) is 8.97. The lowest BCUT2D eigenvalue weighted by molar-refractivity contribution is -0.140. The topological polar surface area (TPSA) is 63.1 Å². The smallest absolute Gasteiger partial charge is 0.314 e. The van der Waals surface area contributed by atoms with Crippen LogP contribution < -0.4 is 0 Å². The number of aromatic nitrogens is 2. The largest absolute Gasteiger partial charge is 0.481 e. The second-order valence-corrected chi connectivity index (χ2v) is 4.24. The first kappa shape index (κ1) is 11.1. The molecular weight excluding hydrogens is 248 g/mol. The molecule has 76 valence electrons. The van der Waals surface area contributed by atoms with E-state index in [0.29, 0.717) is 5.82 Å². The molecule has 1 atom stereocenters. The van der Waals surface area contributed by atoms with Crippen molar-refractivity contribution in [1.29, 1.82) is 0 Å². The number of hydrogen-bond acceptors (Lipinski definition) is 3. The maximum atomic E-state index is 10.9. The first-order valence-corrected chi connectivity index (χ1v) is 5.02. The van der Waals surface area contributed by atoms with Crippen LogP contribution in [0, 0.1) is 5.92 Å². The molecule has 1 rings (SSSR count). The third-order valence-electron chi connectivity index (χ3n) is 1.85. The Balaban J connectivity index is 3.00. The van der Waals surface area contributed by atoms with Gasteiger partial charge in [-0.25, -0.2) is 9.97 Å². The van der Waals surface area contributed by atoms with Gasteiger partial charge in [0.2, 0.25) is 0 Å². The zero-order valence-electron chi connectivity index (χ0n) is 7.94. The van der Waals surface area contributed by atoms with Crippen molar-refractivity contribution >= 4 is 21.9 Å². The van der Waals surface area contributed by atoms with Crippen molar-refractivity contribution in [3.63, 3.8) is 0 Å². The maximum Gasteiger partial charge on any atom is 0.314 e. The van der Waals surface area contributed by atoms with Gasteiger partial charge < -0.3 is 5.11 Å². The van der Waals surface area contributed by atoms with Crippen LogP contribution in [0.3, 0.4) is 0 Å². The number of carbonyl (C=O) groups is 1. The van der Waals surface area contributed by atoms with E-state index in [1.807, 2.05) is 13.8 Å². The number of nitrogens with zero attached hydrogens (tertiary/aromatic N) is 2. The highest BCUT2D eigenvalue weighted by Crippen LogP contribution is 2.21. The lowest BCUT2D eigenvalue weighted by Crippen LogP contribution is -2.19. The van der Waals surface area contributed by atoms with Crippen LogP contribution >= 0.6 is 15.9 Å². The Kier molecular flexibility index (Phi) is 3.57. The monoisotopic (exact) mass is 258 g/mol. The molecule has 1 aromatic heterocycles. The minimum atomic E-state index is -0.887. The summed E-state index contributed by atoms with van der Waals surface area (Å²) in [6.45, 7) is 3.67. The fourth-order valence-electron chi connectivity index (χ4n) is 1.18. The van der Waals surface area contributed by atoms with E-state index in [4.69, 9.17) is 5.11 Å². The summed E-state index contributed by atoms with van der Waals surface area (Å²) in [7, 11) is 0. The zero-order valence-corrected chi connectivity index (χ0v) is 9.52. The molecule has 0 aliphatic heterocycles. The average Bonchev–Trinajstić information content (AvgIpc) is 2.07. The van der Waals surface area contributed by atoms with Crippen LogP contribution in [0.15, 0.2) is 16.9 Å². The fraction of sp³-hybridized carbons (Fsp3) is 0.444. The van der Waals surface area contributed by atoms with Crippen molar-refractivity contribution in [2.75, 3.05) is 0 Å². The average molecular weight is 259 g/mol. The van der Waals surface area contributed by atoms with Gasteiger partial charge in [-0.2, -0.15) is 0 Å². The minimum Gasteiger partial charge on any atom is -0.481 e. The van der Waals surface area contributed by atoms with Crippen molar-refractivity contribution in [1.82, 2.24) is 9.97 Å². The highest BCUT2D eigenvalue weighted by atomic mass is 79.9. The van der Waals surface area contributed by atoms with Gasteiger partial charge in [-0.15, -0.1) is 0 Å². The van der Waals surface area contributed by atoms with E-state index in [0.717, 1.165) is 4.47 Å². The summed E-state index contributed by atoms with van der Waals surface area (Å²) in [5.41, 5.74) is 0. The van der Waals surface area contributed by atoms with Gasteiger partial charge in [0.15, 0.2) is 0 Å². The first-order valence-electron chi connectivity index (χ1n) is 4.22. The molecular formula is C9H11BrN2O2. The minimum absolute atomic E-state index is 0.0197. The highest BCUT2D eigenvalue weighted by Gasteiger charge is 2.25. The van der Waals surface area contributed by atoms with E-state index in [-0.39, 0.29) is 5.92 Å². The Labute approximate surface area is 90.5 Å². The summed E-state index contributed by atoms with van der Waals surface area (Å²) >= 11 is 3.20. The van der Waals surface area contributed by atoms with Gasteiger partial charge in [0, 0.05) is 12.4 Å². The molecule has 0 aliphatic rings. The summed E-state index contributed by atoms with van der Waals surface area (Å²) < 4.78 is 0.745. The number of halogens is 1. The van der Waals surface area contributed by atoms with E-state index < -0.39 is 11.9 Å². The summed E-state index contributed by atoms with van der Waals surface area (Å²) in [5.74, 6) is -1.19. The summed E-state index contributed by atoms with van der Waals surface area (Å²) in [4.78, 5) is 18.9. The fourth-order valence-corrected chi connectivity index (χ4v) is 1.38. The molecule has 0 saturated carbocycles. The maximum absolute atomic E-state index is 10.9. The number of rotatable bonds is 3. The molecule has 0 spiro atoms. The van der Waals surface area contributed by atoms with Gasteiger partial charge in [-0.3, -0.25) is 4.79 Å². The Bertz CT molecular complexity index is 324. The Morgan fingerprint density at radius 2 is 1.93 bits per heavy atom. The van der Waals surface area contributed by atoms with Crippen molar-refractivity contribution < 1.29 is 9.90 Å². The predicted molar refractivity (Wildman–Crippen MR) is 54.9 cm³/mol. The lowest BCUT2D eigenvalue weighted by Gasteiger charge is -2.13. The first-order chi connectivity index (χ1) is 6.52. The van der Waals surface area contributed by atoms with Crippen LogP contribution in [0.25, 0.3) is 0 Å². The number of aliphatic carboxylic acids is 1. The SMILES string of the molecule is CC(C)[C@H](C(=O)O)c1ncc(Br)cn1. The van der Waals surface area contributed by atoms with Crippen LogP contribution in [0.4, 0.5) is 0 Å². The van der Waals surface area contributed by atoms with Crippen LogP contribution in [-0.4, -0.2) is 21.0 Å². The van der Waals surface area contributed by atoms with Gasteiger partial charge in [0.05, 0.1) is 4.47 Å². The molecule has 0 radical (unpaired) electrons. The molecule has 0 saturated heterocycles. The number of carboxylic acid groups (broad SMARTS) is 1. The van der Waals surface area contributed by atoms with Crippen LogP contribution in [-0.2, 0) is 4.79 Å². The molecule has 1 heterocycles. The molecule has 14 heavy (non-hydrogen) atoms. The van der Waals surface area contributed by atoms with Crippen LogP contribution in [0.2, 0.25) is 0 Å². The Hall–Kier alpha value is -0.970. The van der Waals surface area contributed by atoms with Crippen molar-refractivity contribution in [3.05, 3.63) is 22.7 Å². The molecule has 1 aromatic rings. The molecule has 1 N–H and O–H groups in total. The Morgan fingerprint density at radius 1 is 1.43 bits per heavy atom. The van der Waals surface area contributed by atoms with E-state index >= 15 is 0 Å². The van der Waals surface area contributed by atoms with Crippen molar-refractivity contribution in [2.24, 2.45) is 5.92 Å².